The van der Waals surface area contributed by atoms with E-state index in [1.54, 1.807) is 12.1 Å². The second kappa shape index (κ2) is 6.08. The van der Waals surface area contributed by atoms with E-state index in [2.05, 4.69) is 4.72 Å². The van der Waals surface area contributed by atoms with E-state index in [0.29, 0.717) is 0 Å². The van der Waals surface area contributed by atoms with Gasteiger partial charge in [-0.3, -0.25) is 4.79 Å². The zero-order valence-electron chi connectivity index (χ0n) is 10.4. The summed E-state index contributed by atoms with van der Waals surface area (Å²) in [6.07, 6.45) is -1.06. The third-order valence-corrected chi connectivity index (χ3v) is 3.80. The van der Waals surface area contributed by atoms with Gasteiger partial charge in [0.15, 0.2) is 0 Å². The van der Waals surface area contributed by atoms with E-state index in [1.165, 1.54) is 19.1 Å². The van der Waals surface area contributed by atoms with E-state index in [-0.39, 0.29) is 23.6 Å². The second-order valence-corrected chi connectivity index (χ2v) is 5.99. The second-order valence-electron chi connectivity index (χ2n) is 4.22. The molecule has 5 nitrogen and oxygen atoms in total. The lowest BCUT2D eigenvalue weighted by atomic mass is 10.2. The Balaban J connectivity index is 2.65. The number of hydrogen-bond acceptors (Lipinski definition) is 4. The maximum atomic E-state index is 11.8. The standard InChI is InChI=1S/C12H17NO4S/c1-9-3-5-12(6-4-9)18(16,17)13-8-11(15)7-10(2)14/h3-6,11,13,15H,7-8H2,1-2H3. The summed E-state index contributed by atoms with van der Waals surface area (Å²) in [5, 5.41) is 9.43. The summed E-state index contributed by atoms with van der Waals surface area (Å²) in [6, 6.07) is 6.38. The van der Waals surface area contributed by atoms with Crippen LogP contribution in [0.5, 0.6) is 0 Å². The summed E-state index contributed by atoms with van der Waals surface area (Å²) in [5.74, 6) is -0.183. The number of hydrogen-bond donors (Lipinski definition) is 2. The van der Waals surface area contributed by atoms with Crippen LogP contribution in [0.25, 0.3) is 0 Å². The van der Waals surface area contributed by atoms with Gasteiger partial charge < -0.3 is 5.11 Å². The molecule has 0 aliphatic heterocycles. The average molecular weight is 271 g/mol. The van der Waals surface area contributed by atoms with Gasteiger partial charge in [-0.1, -0.05) is 17.7 Å². The first-order chi connectivity index (χ1) is 8.31. The molecule has 0 radical (unpaired) electrons. The van der Waals surface area contributed by atoms with Gasteiger partial charge in [0.05, 0.1) is 11.0 Å². The molecule has 0 spiro atoms. The fourth-order valence-electron chi connectivity index (χ4n) is 1.41. The first-order valence-electron chi connectivity index (χ1n) is 5.55. The summed E-state index contributed by atoms with van der Waals surface area (Å²) >= 11 is 0. The number of sulfonamides is 1. The number of Topliss-reactive ketones (excluding diaryl/α,β-unsaturated/α-hetero) is 1. The van der Waals surface area contributed by atoms with Gasteiger partial charge in [-0.05, 0) is 26.0 Å². The zero-order chi connectivity index (χ0) is 13.8. The number of aliphatic hydroxyl groups is 1. The number of ketones is 1. The number of benzene rings is 1. The molecule has 1 rings (SSSR count). The Labute approximate surface area is 107 Å². The van der Waals surface area contributed by atoms with Crippen molar-refractivity contribution in [2.24, 2.45) is 0 Å². The predicted molar refractivity (Wildman–Crippen MR) is 67.7 cm³/mol. The number of aliphatic hydroxyl groups excluding tert-OH is 1. The lowest BCUT2D eigenvalue weighted by Crippen LogP contribution is -2.33. The van der Waals surface area contributed by atoms with Gasteiger partial charge >= 0.3 is 0 Å². The quantitative estimate of drug-likeness (QED) is 0.794. The van der Waals surface area contributed by atoms with E-state index in [4.69, 9.17) is 0 Å². The zero-order valence-corrected chi connectivity index (χ0v) is 11.2. The Hall–Kier alpha value is -1.24. The van der Waals surface area contributed by atoms with Crippen molar-refractivity contribution < 1.29 is 18.3 Å². The average Bonchev–Trinajstić information content (AvgIpc) is 2.26. The highest BCUT2D eigenvalue weighted by molar-refractivity contribution is 7.89. The third-order valence-electron chi connectivity index (χ3n) is 2.36. The van der Waals surface area contributed by atoms with Gasteiger partial charge in [-0.2, -0.15) is 0 Å². The molecule has 18 heavy (non-hydrogen) atoms. The molecule has 6 heteroatoms. The van der Waals surface area contributed by atoms with Gasteiger partial charge in [0.1, 0.15) is 5.78 Å². The van der Waals surface area contributed by atoms with Crippen molar-refractivity contribution in [2.45, 2.75) is 31.3 Å². The molecule has 0 saturated carbocycles. The molecule has 0 heterocycles. The highest BCUT2D eigenvalue weighted by Crippen LogP contribution is 2.09. The summed E-state index contributed by atoms with van der Waals surface area (Å²) in [6.45, 7) is 3.04. The normalized spacial score (nSPS) is 13.3. The molecule has 0 aromatic heterocycles. The van der Waals surface area contributed by atoms with Gasteiger partial charge in [-0.25, -0.2) is 13.1 Å². The molecule has 0 amide bonds. The third kappa shape index (κ3) is 4.56. The van der Waals surface area contributed by atoms with E-state index in [0.717, 1.165) is 5.56 Å². The lowest BCUT2D eigenvalue weighted by Gasteiger charge is -2.11. The van der Waals surface area contributed by atoms with E-state index in [1.807, 2.05) is 6.92 Å². The lowest BCUT2D eigenvalue weighted by molar-refractivity contribution is -0.118. The van der Waals surface area contributed by atoms with Crippen molar-refractivity contribution in [3.63, 3.8) is 0 Å². The molecular formula is C12H17NO4S. The van der Waals surface area contributed by atoms with E-state index in [9.17, 15) is 18.3 Å². The van der Waals surface area contributed by atoms with Crippen LogP contribution in [0.3, 0.4) is 0 Å². The Bertz CT molecular complexity index is 507. The molecular weight excluding hydrogens is 254 g/mol. The minimum absolute atomic E-state index is 0.0591. The minimum atomic E-state index is -3.63. The topological polar surface area (TPSA) is 83.5 Å². The summed E-state index contributed by atoms with van der Waals surface area (Å²) in [4.78, 5) is 10.9. The summed E-state index contributed by atoms with van der Waals surface area (Å²) in [7, 11) is -3.63. The van der Waals surface area contributed by atoms with Crippen LogP contribution in [0.15, 0.2) is 29.2 Å². The first kappa shape index (κ1) is 14.8. The first-order valence-corrected chi connectivity index (χ1v) is 7.03. The molecule has 1 atom stereocenters. The molecule has 1 aromatic carbocycles. The molecule has 100 valence electrons. The Morgan fingerprint density at radius 2 is 1.89 bits per heavy atom. The summed E-state index contributed by atoms with van der Waals surface area (Å²) < 4.78 is 25.9. The van der Waals surface area contributed by atoms with Crippen LogP contribution < -0.4 is 4.72 Å². The number of aryl methyl sites for hydroxylation is 1. The van der Waals surface area contributed by atoms with E-state index < -0.39 is 16.1 Å². The smallest absolute Gasteiger partial charge is 0.240 e. The van der Waals surface area contributed by atoms with Gasteiger partial charge in [0, 0.05) is 13.0 Å². The van der Waals surface area contributed by atoms with Crippen molar-refractivity contribution in [1.29, 1.82) is 0 Å². The maximum Gasteiger partial charge on any atom is 0.240 e. The van der Waals surface area contributed by atoms with Crippen LogP contribution in [0.4, 0.5) is 0 Å². The van der Waals surface area contributed by atoms with Crippen LogP contribution in [-0.2, 0) is 14.8 Å². The van der Waals surface area contributed by atoms with Crippen LogP contribution in [0, 0.1) is 6.92 Å². The van der Waals surface area contributed by atoms with Gasteiger partial charge in [-0.15, -0.1) is 0 Å². The number of carbonyl (C=O) groups is 1. The highest BCUT2D eigenvalue weighted by Gasteiger charge is 2.16. The molecule has 0 fully saturated rings. The molecule has 0 saturated heterocycles. The molecule has 0 aliphatic carbocycles. The van der Waals surface area contributed by atoms with Gasteiger partial charge in [0.25, 0.3) is 0 Å². The van der Waals surface area contributed by atoms with E-state index >= 15 is 0 Å². The van der Waals surface area contributed by atoms with Crippen molar-refractivity contribution in [3.8, 4) is 0 Å². The Morgan fingerprint density at radius 1 is 1.33 bits per heavy atom. The predicted octanol–water partition coefficient (Wildman–Crippen LogP) is 0.613. The van der Waals surface area contributed by atoms with Crippen molar-refractivity contribution in [3.05, 3.63) is 29.8 Å². The highest BCUT2D eigenvalue weighted by atomic mass is 32.2. The molecule has 2 N–H and O–H groups in total. The molecule has 1 unspecified atom stereocenters. The minimum Gasteiger partial charge on any atom is -0.391 e. The molecule has 0 aliphatic rings. The molecule has 1 aromatic rings. The van der Waals surface area contributed by atoms with Crippen molar-refractivity contribution in [1.82, 2.24) is 4.72 Å². The number of rotatable bonds is 6. The van der Waals surface area contributed by atoms with Crippen LogP contribution >= 0.6 is 0 Å². The number of carbonyl (C=O) groups excluding carboxylic acids is 1. The fraction of sp³-hybridized carbons (Fsp3) is 0.417. The Morgan fingerprint density at radius 3 is 2.39 bits per heavy atom. The van der Waals surface area contributed by atoms with Crippen molar-refractivity contribution >= 4 is 15.8 Å². The van der Waals surface area contributed by atoms with Gasteiger partial charge in [0.2, 0.25) is 10.0 Å². The summed E-state index contributed by atoms with van der Waals surface area (Å²) in [5.41, 5.74) is 0.963. The largest absolute Gasteiger partial charge is 0.391 e. The van der Waals surface area contributed by atoms with Crippen molar-refractivity contribution in [2.75, 3.05) is 6.54 Å². The Kier molecular flexibility index (Phi) is 5.01. The van der Waals surface area contributed by atoms with Crippen LogP contribution in [0.1, 0.15) is 18.9 Å². The van der Waals surface area contributed by atoms with Crippen LogP contribution in [0.2, 0.25) is 0 Å². The maximum absolute atomic E-state index is 11.8. The fourth-order valence-corrected chi connectivity index (χ4v) is 2.48. The monoisotopic (exact) mass is 271 g/mol. The SMILES string of the molecule is CC(=O)CC(O)CNS(=O)(=O)c1ccc(C)cc1. The molecule has 0 bridgehead atoms. The van der Waals surface area contributed by atoms with Crippen LogP contribution in [-0.4, -0.2) is 32.0 Å². The number of nitrogens with one attached hydrogen (secondary N) is 1.